The highest BCUT2D eigenvalue weighted by atomic mass is 16.5. The first kappa shape index (κ1) is 23.1. The molecule has 5 heteroatoms. The largest absolute Gasteiger partial charge is 0.493 e. The quantitative estimate of drug-likeness (QED) is 0.683. The predicted molar refractivity (Wildman–Crippen MR) is 124 cm³/mol. The lowest BCUT2D eigenvalue weighted by molar-refractivity contribution is -0.948. The van der Waals surface area contributed by atoms with Crippen LogP contribution < -0.4 is 19.7 Å². The zero-order valence-corrected chi connectivity index (χ0v) is 19.7. The van der Waals surface area contributed by atoms with Crippen LogP contribution in [0.25, 0.3) is 0 Å². The lowest BCUT2D eigenvalue weighted by Gasteiger charge is -2.38. The van der Waals surface area contributed by atoms with Gasteiger partial charge in [-0.3, -0.25) is 4.79 Å². The van der Waals surface area contributed by atoms with Gasteiger partial charge < -0.3 is 19.7 Å². The van der Waals surface area contributed by atoms with Gasteiger partial charge in [0.25, 0.3) is 0 Å². The Hall–Kier alpha value is -2.53. The fraction of sp³-hybridized carbons (Fsp3) is 0.500. The number of fused-ring (bicyclic) bond motifs is 1. The molecule has 0 aliphatic carbocycles. The summed E-state index contributed by atoms with van der Waals surface area (Å²) in [4.78, 5) is 14.0. The topological polar surface area (TPSA) is 52.0 Å². The number of amides is 1. The van der Waals surface area contributed by atoms with Crippen molar-refractivity contribution in [2.24, 2.45) is 5.92 Å². The maximum atomic E-state index is 12.6. The van der Waals surface area contributed by atoms with Crippen LogP contribution in [0.3, 0.4) is 0 Å². The van der Waals surface area contributed by atoms with Gasteiger partial charge >= 0.3 is 0 Å². The molecular weight excluding hydrogens is 388 g/mol. The van der Waals surface area contributed by atoms with Gasteiger partial charge in [-0.1, -0.05) is 43.7 Å². The molecule has 2 aromatic carbocycles. The van der Waals surface area contributed by atoms with Crippen molar-refractivity contribution in [3.05, 3.63) is 58.7 Å². The van der Waals surface area contributed by atoms with Gasteiger partial charge in [0.1, 0.15) is 12.6 Å². The summed E-state index contributed by atoms with van der Waals surface area (Å²) in [6.45, 7) is 10.3. The highest BCUT2D eigenvalue weighted by molar-refractivity contribution is 5.76. The van der Waals surface area contributed by atoms with Gasteiger partial charge in [-0.2, -0.15) is 0 Å². The molecule has 0 spiro atoms. The van der Waals surface area contributed by atoms with E-state index in [1.54, 1.807) is 14.2 Å². The number of quaternary nitrogens is 1. The number of methoxy groups -OCH3 is 2. The number of hydrogen-bond acceptors (Lipinski definition) is 3. The average molecular weight is 426 g/mol. The Morgan fingerprint density at radius 3 is 2.35 bits per heavy atom. The number of nitrogens with one attached hydrogen (secondary N) is 2. The standard InChI is InChI=1S/C26H36N2O3/c1-17(2)13-25(29)27-19(4)26-22-15-24(31-6)23(30-5)14-21(22)11-12-28(26)16-20-9-7-18(3)8-10-20/h7-10,14-15,17,19,26H,11-13,16H2,1-6H3,(H,27,29)/p+1/t19-,26-/m1/s1. The number of benzene rings is 2. The van der Waals surface area contributed by atoms with Gasteiger partial charge in [-0.05, 0) is 37.5 Å². The number of rotatable bonds is 8. The first-order valence-electron chi connectivity index (χ1n) is 11.3. The molecule has 3 rings (SSSR count). The van der Waals surface area contributed by atoms with E-state index < -0.39 is 0 Å². The third kappa shape index (κ3) is 5.59. The van der Waals surface area contributed by atoms with Crippen molar-refractivity contribution < 1.29 is 19.2 Å². The van der Waals surface area contributed by atoms with E-state index in [9.17, 15) is 4.79 Å². The zero-order chi connectivity index (χ0) is 22.5. The summed E-state index contributed by atoms with van der Waals surface area (Å²) in [6, 6.07) is 13.1. The van der Waals surface area contributed by atoms with Gasteiger partial charge in [0.2, 0.25) is 5.91 Å². The summed E-state index contributed by atoms with van der Waals surface area (Å²) in [7, 11) is 3.35. The molecule has 0 bridgehead atoms. The molecular formula is C26H37N2O3+. The molecule has 31 heavy (non-hydrogen) atoms. The van der Waals surface area contributed by atoms with Crippen LogP contribution in [0, 0.1) is 12.8 Å². The number of hydrogen-bond donors (Lipinski definition) is 2. The minimum absolute atomic E-state index is 0.00356. The molecule has 5 nitrogen and oxygen atoms in total. The van der Waals surface area contributed by atoms with Crippen LogP contribution in [0.1, 0.15) is 55.5 Å². The van der Waals surface area contributed by atoms with E-state index >= 15 is 0 Å². The molecule has 1 heterocycles. The molecule has 0 saturated heterocycles. The SMILES string of the molecule is COc1cc2c(cc1OC)[C@@H]([C@@H](C)NC(=O)CC(C)C)[NH+](Cc1ccc(C)cc1)CC2. The van der Waals surface area contributed by atoms with Gasteiger partial charge in [-0.25, -0.2) is 0 Å². The second-order valence-electron chi connectivity index (χ2n) is 9.16. The molecule has 1 aliphatic heterocycles. The summed E-state index contributed by atoms with van der Waals surface area (Å²) in [5.41, 5.74) is 5.10. The Bertz CT molecular complexity index is 892. The van der Waals surface area contributed by atoms with Crippen molar-refractivity contribution in [2.75, 3.05) is 20.8 Å². The summed E-state index contributed by atoms with van der Waals surface area (Å²) in [6.07, 6.45) is 1.52. The first-order valence-corrected chi connectivity index (χ1v) is 11.3. The Labute approximate surface area is 186 Å². The fourth-order valence-electron chi connectivity index (χ4n) is 4.67. The van der Waals surface area contributed by atoms with Crippen LogP contribution in [0.5, 0.6) is 11.5 Å². The minimum Gasteiger partial charge on any atom is -0.493 e. The minimum atomic E-state index is 0.00356. The summed E-state index contributed by atoms with van der Waals surface area (Å²) in [5, 5.41) is 3.28. The van der Waals surface area contributed by atoms with Crippen molar-refractivity contribution in [3.63, 3.8) is 0 Å². The molecule has 0 fully saturated rings. The lowest BCUT2D eigenvalue weighted by atomic mass is 9.87. The van der Waals surface area contributed by atoms with Crippen molar-refractivity contribution in [2.45, 2.75) is 59.2 Å². The summed E-state index contributed by atoms with van der Waals surface area (Å²) in [5.74, 6) is 1.96. The maximum Gasteiger partial charge on any atom is 0.220 e. The van der Waals surface area contributed by atoms with Gasteiger partial charge in [-0.15, -0.1) is 0 Å². The third-order valence-electron chi connectivity index (χ3n) is 6.17. The number of carbonyl (C=O) groups excluding carboxylic acids is 1. The van der Waals surface area contributed by atoms with E-state index in [2.05, 4.69) is 69.4 Å². The van der Waals surface area contributed by atoms with Crippen LogP contribution in [0.2, 0.25) is 0 Å². The number of aryl methyl sites for hydroxylation is 1. The van der Waals surface area contributed by atoms with Gasteiger partial charge in [0.05, 0.1) is 26.8 Å². The van der Waals surface area contributed by atoms with E-state index in [0.717, 1.165) is 31.0 Å². The molecule has 2 aromatic rings. The van der Waals surface area contributed by atoms with Crippen LogP contribution in [0.4, 0.5) is 0 Å². The number of carbonyl (C=O) groups is 1. The Morgan fingerprint density at radius 1 is 1.10 bits per heavy atom. The maximum absolute atomic E-state index is 12.6. The predicted octanol–water partition coefficient (Wildman–Crippen LogP) is 3.25. The van der Waals surface area contributed by atoms with Crippen LogP contribution in [-0.4, -0.2) is 32.7 Å². The molecule has 1 unspecified atom stereocenters. The summed E-state index contributed by atoms with van der Waals surface area (Å²) >= 11 is 0. The smallest absolute Gasteiger partial charge is 0.220 e. The molecule has 1 aliphatic rings. The second-order valence-corrected chi connectivity index (χ2v) is 9.16. The van der Waals surface area contributed by atoms with E-state index in [0.29, 0.717) is 12.3 Å². The van der Waals surface area contributed by atoms with Crippen LogP contribution in [0.15, 0.2) is 36.4 Å². The van der Waals surface area contributed by atoms with Crippen molar-refractivity contribution in [1.82, 2.24) is 5.32 Å². The average Bonchev–Trinajstić information content (AvgIpc) is 2.73. The van der Waals surface area contributed by atoms with E-state index in [1.807, 2.05) is 0 Å². The molecule has 0 aromatic heterocycles. The van der Waals surface area contributed by atoms with Gasteiger partial charge in [0.15, 0.2) is 11.5 Å². The Kier molecular flexibility index (Phi) is 7.60. The highest BCUT2D eigenvalue weighted by Gasteiger charge is 2.37. The lowest BCUT2D eigenvalue weighted by Crippen LogP contribution is -3.13. The Balaban J connectivity index is 1.95. The molecule has 0 radical (unpaired) electrons. The monoisotopic (exact) mass is 425 g/mol. The zero-order valence-electron chi connectivity index (χ0n) is 19.7. The molecule has 0 saturated carbocycles. The second kappa shape index (κ2) is 10.2. The molecule has 3 atom stereocenters. The molecule has 1 amide bonds. The normalized spacial score (nSPS) is 18.9. The van der Waals surface area contributed by atoms with E-state index in [-0.39, 0.29) is 18.0 Å². The van der Waals surface area contributed by atoms with Crippen LogP contribution >= 0.6 is 0 Å². The first-order chi connectivity index (χ1) is 14.8. The van der Waals surface area contributed by atoms with E-state index in [4.69, 9.17) is 9.47 Å². The fourth-order valence-corrected chi connectivity index (χ4v) is 4.67. The van der Waals surface area contributed by atoms with E-state index in [1.165, 1.54) is 27.2 Å². The molecule has 2 N–H and O–H groups in total. The van der Waals surface area contributed by atoms with Gasteiger partial charge in [0, 0.05) is 24.0 Å². The Morgan fingerprint density at radius 2 is 1.74 bits per heavy atom. The highest BCUT2D eigenvalue weighted by Crippen LogP contribution is 2.35. The summed E-state index contributed by atoms with van der Waals surface area (Å²) < 4.78 is 11.1. The van der Waals surface area contributed by atoms with Crippen LogP contribution in [-0.2, 0) is 17.8 Å². The number of ether oxygens (including phenoxy) is 2. The third-order valence-corrected chi connectivity index (χ3v) is 6.17. The van der Waals surface area contributed by atoms with Crippen molar-refractivity contribution in [1.29, 1.82) is 0 Å². The van der Waals surface area contributed by atoms with Crippen molar-refractivity contribution in [3.8, 4) is 11.5 Å². The van der Waals surface area contributed by atoms with Crippen molar-refractivity contribution >= 4 is 5.91 Å². The molecule has 168 valence electrons.